The van der Waals surface area contributed by atoms with Gasteiger partial charge >= 0.3 is 0 Å². The quantitative estimate of drug-likeness (QED) is 0.514. The van der Waals surface area contributed by atoms with Gasteiger partial charge in [0, 0.05) is 44.0 Å². The SMILES string of the molecule is O=C1c2cc(NI)ccc2CCN1CC(O)CN1CCc2ccccc2C1. The maximum absolute atomic E-state index is 12.8. The lowest BCUT2D eigenvalue weighted by molar-refractivity contribution is 0.0493. The molecule has 4 rings (SSSR count). The molecule has 1 amide bonds. The third kappa shape index (κ3) is 4.12. The van der Waals surface area contributed by atoms with Gasteiger partial charge in [-0.15, -0.1) is 0 Å². The van der Waals surface area contributed by atoms with E-state index in [4.69, 9.17) is 0 Å². The predicted molar refractivity (Wildman–Crippen MR) is 115 cm³/mol. The van der Waals surface area contributed by atoms with E-state index in [0.717, 1.165) is 42.7 Å². The molecule has 2 heterocycles. The molecule has 5 nitrogen and oxygen atoms in total. The van der Waals surface area contributed by atoms with Crippen molar-refractivity contribution in [3.05, 3.63) is 64.7 Å². The number of nitrogens with zero attached hydrogens (tertiary/aromatic N) is 2. The van der Waals surface area contributed by atoms with E-state index in [9.17, 15) is 9.90 Å². The van der Waals surface area contributed by atoms with Crippen LogP contribution in [-0.4, -0.2) is 53.1 Å². The van der Waals surface area contributed by atoms with Gasteiger partial charge < -0.3 is 13.5 Å². The Kier molecular flexibility index (Phi) is 5.66. The molecule has 0 bridgehead atoms. The van der Waals surface area contributed by atoms with E-state index in [1.54, 1.807) is 4.90 Å². The molecule has 2 aromatic rings. The van der Waals surface area contributed by atoms with E-state index < -0.39 is 6.10 Å². The molecular formula is C21H24IN3O2. The number of halogens is 1. The molecule has 2 aliphatic heterocycles. The van der Waals surface area contributed by atoms with Crippen molar-refractivity contribution in [3.8, 4) is 0 Å². The average molecular weight is 477 g/mol. The summed E-state index contributed by atoms with van der Waals surface area (Å²) in [6.07, 6.45) is 1.32. The summed E-state index contributed by atoms with van der Waals surface area (Å²) < 4.78 is 3.06. The normalized spacial score (nSPS) is 18.0. The highest BCUT2D eigenvalue weighted by Gasteiger charge is 2.27. The summed E-state index contributed by atoms with van der Waals surface area (Å²) in [5, 5.41) is 10.6. The number of carbonyl (C=O) groups excluding carboxylic acids is 1. The molecule has 142 valence electrons. The molecule has 6 heteroatoms. The highest BCUT2D eigenvalue weighted by atomic mass is 127. The first-order chi connectivity index (χ1) is 13.1. The first kappa shape index (κ1) is 18.7. The van der Waals surface area contributed by atoms with Gasteiger partial charge in [-0.2, -0.15) is 0 Å². The van der Waals surface area contributed by atoms with E-state index in [-0.39, 0.29) is 5.91 Å². The third-order valence-electron chi connectivity index (χ3n) is 5.50. The fourth-order valence-electron chi connectivity index (χ4n) is 4.07. The monoisotopic (exact) mass is 477 g/mol. The Labute approximate surface area is 173 Å². The number of carbonyl (C=O) groups is 1. The van der Waals surface area contributed by atoms with Gasteiger partial charge in [0.1, 0.15) is 0 Å². The Morgan fingerprint density at radius 1 is 1.04 bits per heavy atom. The lowest BCUT2D eigenvalue weighted by Crippen LogP contribution is -2.46. The number of hydrogen-bond donors (Lipinski definition) is 2. The molecule has 0 fully saturated rings. The van der Waals surface area contributed by atoms with Crippen LogP contribution in [0.5, 0.6) is 0 Å². The number of aliphatic hydroxyl groups excluding tert-OH is 1. The van der Waals surface area contributed by atoms with E-state index in [1.807, 2.05) is 18.2 Å². The van der Waals surface area contributed by atoms with Crippen LogP contribution in [0.15, 0.2) is 42.5 Å². The van der Waals surface area contributed by atoms with Crippen molar-refractivity contribution in [3.63, 3.8) is 0 Å². The zero-order chi connectivity index (χ0) is 18.8. The van der Waals surface area contributed by atoms with E-state index >= 15 is 0 Å². The molecule has 0 aliphatic carbocycles. The molecule has 2 aromatic carbocycles. The first-order valence-electron chi connectivity index (χ1n) is 9.40. The lowest BCUT2D eigenvalue weighted by Gasteiger charge is -2.34. The maximum Gasteiger partial charge on any atom is 0.254 e. The molecule has 0 saturated carbocycles. The number of benzene rings is 2. The van der Waals surface area contributed by atoms with Crippen LogP contribution in [0, 0.1) is 0 Å². The van der Waals surface area contributed by atoms with E-state index in [0.29, 0.717) is 19.6 Å². The second kappa shape index (κ2) is 8.16. The molecule has 0 saturated heterocycles. The van der Waals surface area contributed by atoms with Gasteiger partial charge in [-0.1, -0.05) is 30.3 Å². The van der Waals surface area contributed by atoms with Gasteiger partial charge in [0.05, 0.1) is 29.0 Å². The summed E-state index contributed by atoms with van der Waals surface area (Å²) in [6, 6.07) is 14.4. The Morgan fingerprint density at radius 3 is 2.63 bits per heavy atom. The number of anilines is 1. The molecule has 27 heavy (non-hydrogen) atoms. The summed E-state index contributed by atoms with van der Waals surface area (Å²) in [5.74, 6) is 0.0211. The third-order valence-corrected chi connectivity index (χ3v) is 6.12. The lowest BCUT2D eigenvalue weighted by atomic mass is 9.98. The zero-order valence-corrected chi connectivity index (χ0v) is 17.4. The highest BCUT2D eigenvalue weighted by molar-refractivity contribution is 14.1. The van der Waals surface area contributed by atoms with Crippen LogP contribution in [0.4, 0.5) is 5.69 Å². The number of nitrogens with one attached hydrogen (secondary N) is 1. The summed E-state index contributed by atoms with van der Waals surface area (Å²) >= 11 is 2.07. The molecule has 0 radical (unpaired) electrons. The summed E-state index contributed by atoms with van der Waals surface area (Å²) in [4.78, 5) is 16.9. The van der Waals surface area contributed by atoms with Crippen molar-refractivity contribution in [2.24, 2.45) is 0 Å². The second-order valence-electron chi connectivity index (χ2n) is 7.38. The van der Waals surface area contributed by atoms with Crippen LogP contribution in [-0.2, 0) is 19.4 Å². The largest absolute Gasteiger partial charge is 0.390 e. The summed E-state index contributed by atoms with van der Waals surface area (Å²) in [5.41, 5.74) is 5.52. The van der Waals surface area contributed by atoms with Crippen LogP contribution < -0.4 is 3.53 Å². The number of aliphatic hydroxyl groups is 1. The fraction of sp³-hybridized carbons (Fsp3) is 0.381. The van der Waals surface area contributed by atoms with Gasteiger partial charge in [0.2, 0.25) is 0 Å². The van der Waals surface area contributed by atoms with Crippen molar-refractivity contribution in [2.75, 3.05) is 29.7 Å². The van der Waals surface area contributed by atoms with Crippen molar-refractivity contribution < 1.29 is 9.90 Å². The molecule has 1 unspecified atom stereocenters. The van der Waals surface area contributed by atoms with Crippen LogP contribution >= 0.6 is 22.9 Å². The molecule has 0 spiro atoms. The molecule has 2 N–H and O–H groups in total. The standard InChI is InChI=1S/C21H24IN3O2/c22-23-18-6-5-16-8-10-25(21(27)20(16)11-18)14-19(26)13-24-9-7-15-3-1-2-4-17(15)12-24/h1-6,11,19,23,26H,7-10,12-14H2. The topological polar surface area (TPSA) is 55.8 Å². The minimum atomic E-state index is -0.536. The Hall–Kier alpha value is -1.64. The van der Waals surface area contributed by atoms with Gasteiger partial charge in [-0.05, 0) is 41.7 Å². The molecular weight excluding hydrogens is 453 g/mol. The maximum atomic E-state index is 12.8. The van der Waals surface area contributed by atoms with Crippen LogP contribution in [0.2, 0.25) is 0 Å². The number of rotatable bonds is 5. The smallest absolute Gasteiger partial charge is 0.254 e. The van der Waals surface area contributed by atoms with Crippen molar-refractivity contribution in [2.45, 2.75) is 25.5 Å². The number of amides is 1. The Bertz CT molecular complexity index is 842. The summed E-state index contributed by atoms with van der Waals surface area (Å²) in [6.45, 7) is 3.48. The molecule has 0 aromatic heterocycles. The van der Waals surface area contributed by atoms with Gasteiger partial charge in [-0.25, -0.2) is 0 Å². The number of hydrogen-bond acceptors (Lipinski definition) is 4. The average Bonchev–Trinajstić information content (AvgIpc) is 2.70. The van der Waals surface area contributed by atoms with Gasteiger partial charge in [0.25, 0.3) is 5.91 Å². The van der Waals surface area contributed by atoms with Crippen LogP contribution in [0.1, 0.15) is 27.0 Å². The van der Waals surface area contributed by atoms with Gasteiger partial charge in [0.15, 0.2) is 0 Å². The van der Waals surface area contributed by atoms with Crippen molar-refractivity contribution in [1.29, 1.82) is 0 Å². The van der Waals surface area contributed by atoms with E-state index in [1.165, 1.54) is 11.1 Å². The number of fused-ring (bicyclic) bond motifs is 2. The fourth-order valence-corrected chi connectivity index (χ4v) is 4.41. The summed E-state index contributed by atoms with van der Waals surface area (Å²) in [7, 11) is 0. The van der Waals surface area contributed by atoms with Crippen LogP contribution in [0.25, 0.3) is 0 Å². The first-order valence-corrected chi connectivity index (χ1v) is 10.5. The minimum Gasteiger partial charge on any atom is -0.390 e. The Balaban J connectivity index is 1.37. The van der Waals surface area contributed by atoms with Crippen molar-refractivity contribution in [1.82, 2.24) is 9.80 Å². The predicted octanol–water partition coefficient (Wildman–Crippen LogP) is 2.87. The van der Waals surface area contributed by atoms with Crippen molar-refractivity contribution >= 4 is 34.5 Å². The minimum absolute atomic E-state index is 0.0211. The van der Waals surface area contributed by atoms with Crippen LogP contribution in [0.3, 0.4) is 0 Å². The molecule has 1 atom stereocenters. The molecule has 2 aliphatic rings. The van der Waals surface area contributed by atoms with E-state index in [2.05, 4.69) is 55.6 Å². The Morgan fingerprint density at radius 2 is 1.81 bits per heavy atom. The number of β-amino-alcohol motifs (C(OH)–C–C–N with tert-alkyl or cyclic N) is 1. The second-order valence-corrected chi connectivity index (χ2v) is 7.91. The van der Waals surface area contributed by atoms with Gasteiger partial charge in [-0.3, -0.25) is 9.69 Å². The highest BCUT2D eigenvalue weighted by Crippen LogP contribution is 2.24. The zero-order valence-electron chi connectivity index (χ0n) is 15.2.